The average Bonchev–Trinajstić information content (AvgIpc) is 2.82. The number of carbonyl (C=O) groups excluding carboxylic acids is 1. The van der Waals surface area contributed by atoms with Crippen molar-refractivity contribution >= 4 is 39.9 Å². The number of amides is 1. The summed E-state index contributed by atoms with van der Waals surface area (Å²) in [6.07, 6.45) is 0.833. The molecule has 0 saturated carbocycles. The second-order valence-corrected chi connectivity index (χ2v) is 7.75. The smallest absolute Gasteiger partial charge is 0.259 e. The van der Waals surface area contributed by atoms with Gasteiger partial charge in [-0.05, 0) is 33.3 Å². The van der Waals surface area contributed by atoms with Crippen molar-refractivity contribution in [3.05, 3.63) is 26.6 Å². The van der Waals surface area contributed by atoms with Crippen LogP contribution in [-0.2, 0) is 11.2 Å². The average molecular weight is 385 g/mol. The zero-order valence-corrected chi connectivity index (χ0v) is 16.6. The fraction of sp³-hybridized carbons (Fsp3) is 0.588. The zero-order chi connectivity index (χ0) is 17.4. The Hall–Kier alpha value is -1.44. The largest absolute Gasteiger partial charge is 0.337 e. The molecule has 3 rings (SSSR count). The summed E-state index contributed by atoms with van der Waals surface area (Å²) < 4.78 is 0. The van der Waals surface area contributed by atoms with Crippen molar-refractivity contribution in [2.45, 2.75) is 52.6 Å². The summed E-state index contributed by atoms with van der Waals surface area (Å²) >= 11 is 1.54. The van der Waals surface area contributed by atoms with E-state index in [1.54, 1.807) is 0 Å². The van der Waals surface area contributed by atoms with Crippen LogP contribution in [0.25, 0.3) is 10.2 Å². The molecule has 1 saturated heterocycles. The van der Waals surface area contributed by atoms with E-state index in [1.165, 1.54) is 11.3 Å². The van der Waals surface area contributed by atoms with Crippen LogP contribution in [0, 0.1) is 13.8 Å². The van der Waals surface area contributed by atoms with Crippen LogP contribution in [0.15, 0.2) is 4.79 Å². The van der Waals surface area contributed by atoms with Gasteiger partial charge in [0, 0.05) is 42.9 Å². The van der Waals surface area contributed by atoms with Crippen molar-refractivity contribution < 1.29 is 4.79 Å². The number of hydrogen-bond donors (Lipinski definition) is 2. The predicted octanol–water partition coefficient (Wildman–Crippen LogP) is 2.16. The normalized spacial score (nSPS) is 20.6. The third kappa shape index (κ3) is 3.88. The van der Waals surface area contributed by atoms with Gasteiger partial charge in [-0.25, -0.2) is 4.98 Å². The van der Waals surface area contributed by atoms with E-state index in [-0.39, 0.29) is 29.9 Å². The molecule has 1 fully saturated rings. The molecule has 2 aromatic rings. The maximum atomic E-state index is 12.5. The van der Waals surface area contributed by atoms with Crippen molar-refractivity contribution in [1.29, 1.82) is 0 Å². The first-order chi connectivity index (χ1) is 11.4. The van der Waals surface area contributed by atoms with Crippen LogP contribution in [0.5, 0.6) is 0 Å². The van der Waals surface area contributed by atoms with Crippen molar-refractivity contribution in [1.82, 2.24) is 20.2 Å². The fourth-order valence-corrected chi connectivity index (χ4v) is 4.24. The highest BCUT2D eigenvalue weighted by Gasteiger charge is 2.27. The Labute approximate surface area is 157 Å². The first-order valence-corrected chi connectivity index (χ1v) is 9.22. The number of nitrogens with one attached hydrogen (secondary N) is 2. The molecule has 0 bridgehead atoms. The number of fused-ring (bicyclic) bond motifs is 1. The topological polar surface area (TPSA) is 78.1 Å². The van der Waals surface area contributed by atoms with Crippen LogP contribution in [0.4, 0.5) is 0 Å². The molecule has 138 valence electrons. The highest BCUT2D eigenvalue weighted by molar-refractivity contribution is 7.18. The number of piperazine rings is 1. The Morgan fingerprint density at radius 3 is 2.80 bits per heavy atom. The van der Waals surface area contributed by atoms with Crippen LogP contribution in [-0.4, -0.2) is 45.9 Å². The third-order valence-electron chi connectivity index (χ3n) is 5.02. The molecule has 1 amide bonds. The van der Waals surface area contributed by atoms with Crippen molar-refractivity contribution in [3.63, 3.8) is 0 Å². The molecule has 2 N–H and O–H groups in total. The maximum absolute atomic E-state index is 12.5. The van der Waals surface area contributed by atoms with Gasteiger partial charge >= 0.3 is 0 Å². The third-order valence-corrected chi connectivity index (χ3v) is 6.12. The lowest BCUT2D eigenvalue weighted by Gasteiger charge is -2.38. The lowest BCUT2D eigenvalue weighted by Crippen LogP contribution is -2.57. The van der Waals surface area contributed by atoms with Crippen LogP contribution in [0.3, 0.4) is 0 Å². The molecule has 1 aliphatic rings. The molecule has 0 aliphatic carbocycles. The van der Waals surface area contributed by atoms with Gasteiger partial charge in [-0.15, -0.1) is 23.7 Å². The molecule has 0 aromatic carbocycles. The van der Waals surface area contributed by atoms with E-state index < -0.39 is 0 Å². The molecule has 6 nitrogen and oxygen atoms in total. The van der Waals surface area contributed by atoms with E-state index in [1.807, 2.05) is 18.7 Å². The van der Waals surface area contributed by atoms with Gasteiger partial charge in [0.05, 0.1) is 5.39 Å². The second kappa shape index (κ2) is 7.85. The lowest BCUT2D eigenvalue weighted by molar-refractivity contribution is -0.134. The van der Waals surface area contributed by atoms with E-state index >= 15 is 0 Å². The summed E-state index contributed by atoms with van der Waals surface area (Å²) in [6, 6.07) is 0.484. The van der Waals surface area contributed by atoms with Gasteiger partial charge in [-0.1, -0.05) is 0 Å². The standard InChI is InChI=1S/C17H24N4O2S.ClH/c1-9-12(4)24-17-15(9)16(23)19-13(20-17)5-6-14(22)21-8-7-18-10(2)11(21)3;/h10-11,18H,5-8H2,1-4H3,(H,19,20,23);1H. The van der Waals surface area contributed by atoms with Crippen molar-refractivity contribution in [2.24, 2.45) is 0 Å². The summed E-state index contributed by atoms with van der Waals surface area (Å²) in [7, 11) is 0. The molecule has 2 aromatic heterocycles. The lowest BCUT2D eigenvalue weighted by atomic mass is 10.1. The van der Waals surface area contributed by atoms with Gasteiger partial charge in [0.2, 0.25) is 5.91 Å². The van der Waals surface area contributed by atoms with Gasteiger partial charge in [0.25, 0.3) is 5.56 Å². The predicted molar refractivity (Wildman–Crippen MR) is 104 cm³/mol. The number of aromatic amines is 1. The van der Waals surface area contributed by atoms with Crippen molar-refractivity contribution in [2.75, 3.05) is 13.1 Å². The SMILES string of the molecule is Cc1sc2nc(CCC(=O)N3CCNC(C)C3C)[nH]c(=O)c2c1C.Cl. The monoisotopic (exact) mass is 384 g/mol. The van der Waals surface area contributed by atoms with E-state index in [0.717, 1.165) is 28.4 Å². The number of hydrogen-bond acceptors (Lipinski definition) is 5. The molecule has 2 atom stereocenters. The molecule has 8 heteroatoms. The maximum Gasteiger partial charge on any atom is 0.259 e. The summed E-state index contributed by atoms with van der Waals surface area (Å²) in [6.45, 7) is 9.66. The Balaban J connectivity index is 0.00000225. The minimum Gasteiger partial charge on any atom is -0.337 e. The van der Waals surface area contributed by atoms with Crippen LogP contribution in [0.1, 0.15) is 36.5 Å². The van der Waals surface area contributed by atoms with E-state index in [4.69, 9.17) is 0 Å². The van der Waals surface area contributed by atoms with Crippen LogP contribution >= 0.6 is 23.7 Å². The molecule has 0 radical (unpaired) electrons. The Bertz CT molecular complexity index is 832. The quantitative estimate of drug-likeness (QED) is 0.850. The molecule has 25 heavy (non-hydrogen) atoms. The summed E-state index contributed by atoms with van der Waals surface area (Å²) in [5.41, 5.74) is 0.892. The number of nitrogens with zero attached hydrogens (tertiary/aromatic N) is 2. The number of halogens is 1. The number of carbonyl (C=O) groups is 1. The Morgan fingerprint density at radius 1 is 1.36 bits per heavy atom. The van der Waals surface area contributed by atoms with Gasteiger partial charge in [0.1, 0.15) is 10.7 Å². The molecule has 2 unspecified atom stereocenters. The van der Waals surface area contributed by atoms with Gasteiger partial charge in [0.15, 0.2) is 0 Å². The Morgan fingerprint density at radius 2 is 2.08 bits per heavy atom. The Kier molecular flexibility index (Phi) is 6.24. The minimum atomic E-state index is -0.103. The fourth-order valence-electron chi connectivity index (χ4n) is 3.20. The summed E-state index contributed by atoms with van der Waals surface area (Å²) in [4.78, 5) is 36.0. The highest BCUT2D eigenvalue weighted by atomic mass is 35.5. The summed E-state index contributed by atoms with van der Waals surface area (Å²) in [5.74, 6) is 0.718. The molecule has 0 spiro atoms. The number of aryl methyl sites for hydroxylation is 3. The van der Waals surface area contributed by atoms with Crippen LogP contribution in [0.2, 0.25) is 0 Å². The van der Waals surface area contributed by atoms with E-state index in [2.05, 4.69) is 29.1 Å². The van der Waals surface area contributed by atoms with Gasteiger partial charge in [-0.3, -0.25) is 9.59 Å². The number of H-pyrrole nitrogens is 1. The molecule has 1 aliphatic heterocycles. The number of aromatic nitrogens is 2. The molecule has 3 heterocycles. The molecular weight excluding hydrogens is 360 g/mol. The second-order valence-electron chi connectivity index (χ2n) is 6.55. The number of rotatable bonds is 3. The number of thiophene rings is 1. The van der Waals surface area contributed by atoms with E-state index in [0.29, 0.717) is 30.1 Å². The minimum absolute atomic E-state index is 0. The highest BCUT2D eigenvalue weighted by Crippen LogP contribution is 2.25. The van der Waals surface area contributed by atoms with Crippen LogP contribution < -0.4 is 10.9 Å². The molecular formula is C17H25ClN4O2S. The first kappa shape index (κ1) is 19.9. The van der Waals surface area contributed by atoms with Gasteiger partial charge in [-0.2, -0.15) is 0 Å². The van der Waals surface area contributed by atoms with E-state index in [9.17, 15) is 9.59 Å². The van der Waals surface area contributed by atoms with Gasteiger partial charge < -0.3 is 15.2 Å². The zero-order valence-electron chi connectivity index (χ0n) is 15.0. The first-order valence-electron chi connectivity index (χ1n) is 8.40. The van der Waals surface area contributed by atoms with Crippen molar-refractivity contribution in [3.8, 4) is 0 Å². The summed E-state index contributed by atoms with van der Waals surface area (Å²) in [5, 5.41) is 4.05.